The average Bonchev–Trinajstić information content (AvgIpc) is 3.15. The van der Waals surface area contributed by atoms with Gasteiger partial charge in [0, 0.05) is 17.9 Å². The molecule has 3 rings (SSSR count). The van der Waals surface area contributed by atoms with Gasteiger partial charge in [0.1, 0.15) is 11.3 Å². The molecule has 1 heterocycles. The molecule has 2 aromatic carbocycles. The molecule has 12 heteroatoms. The second kappa shape index (κ2) is 8.00. The van der Waals surface area contributed by atoms with Gasteiger partial charge in [-0.25, -0.2) is 0 Å². The van der Waals surface area contributed by atoms with Gasteiger partial charge in [-0.1, -0.05) is 11.8 Å². The highest BCUT2D eigenvalue weighted by molar-refractivity contribution is 7.98. The SMILES string of the molecule is COc1ccc(-n2nnnc2SCc2cc([N+](=O)[O-])c(C)c([N+](=O)[O-])c2)cc1. The van der Waals surface area contributed by atoms with E-state index in [9.17, 15) is 20.2 Å². The Balaban J connectivity index is 1.86. The van der Waals surface area contributed by atoms with Crippen molar-refractivity contribution < 1.29 is 14.6 Å². The Morgan fingerprint density at radius 1 is 1.11 bits per heavy atom. The molecule has 1 aromatic heterocycles. The normalized spacial score (nSPS) is 10.6. The molecule has 0 saturated heterocycles. The van der Waals surface area contributed by atoms with Gasteiger partial charge < -0.3 is 4.74 Å². The van der Waals surface area contributed by atoms with Crippen LogP contribution in [0.5, 0.6) is 5.75 Å². The lowest BCUT2D eigenvalue weighted by atomic mass is 10.1. The van der Waals surface area contributed by atoms with Crippen LogP contribution in [0.2, 0.25) is 0 Å². The number of hydrogen-bond acceptors (Lipinski definition) is 9. The van der Waals surface area contributed by atoms with Crippen molar-refractivity contribution in [2.45, 2.75) is 17.8 Å². The predicted molar refractivity (Wildman–Crippen MR) is 99.8 cm³/mol. The van der Waals surface area contributed by atoms with Crippen LogP contribution in [0.25, 0.3) is 5.69 Å². The Labute approximate surface area is 162 Å². The number of benzene rings is 2. The number of tetrazole rings is 1. The van der Waals surface area contributed by atoms with Crippen LogP contribution in [0, 0.1) is 27.2 Å². The minimum atomic E-state index is -0.627. The monoisotopic (exact) mass is 402 g/mol. The summed E-state index contributed by atoms with van der Waals surface area (Å²) in [6.07, 6.45) is 0. The van der Waals surface area contributed by atoms with Crippen LogP contribution in [-0.4, -0.2) is 37.2 Å². The Morgan fingerprint density at radius 3 is 2.25 bits per heavy atom. The third-order valence-corrected chi connectivity index (χ3v) is 4.92. The first kappa shape index (κ1) is 19.2. The number of hydrogen-bond donors (Lipinski definition) is 0. The van der Waals surface area contributed by atoms with Gasteiger partial charge in [0.25, 0.3) is 11.4 Å². The van der Waals surface area contributed by atoms with E-state index in [2.05, 4.69) is 15.5 Å². The molecular formula is C16H14N6O5S. The van der Waals surface area contributed by atoms with Crippen molar-refractivity contribution in [3.8, 4) is 11.4 Å². The molecule has 0 unspecified atom stereocenters. The zero-order chi connectivity index (χ0) is 20.3. The number of nitro groups is 2. The maximum absolute atomic E-state index is 11.2. The summed E-state index contributed by atoms with van der Waals surface area (Å²) >= 11 is 1.21. The van der Waals surface area contributed by atoms with Gasteiger partial charge in [0.05, 0.1) is 22.6 Å². The minimum Gasteiger partial charge on any atom is -0.497 e. The van der Waals surface area contributed by atoms with Gasteiger partial charge in [-0.2, -0.15) is 4.68 Å². The van der Waals surface area contributed by atoms with Crippen molar-refractivity contribution >= 4 is 23.1 Å². The van der Waals surface area contributed by atoms with E-state index in [1.807, 2.05) is 0 Å². The highest BCUT2D eigenvalue weighted by Gasteiger charge is 2.23. The van der Waals surface area contributed by atoms with Crippen LogP contribution in [0.4, 0.5) is 11.4 Å². The fourth-order valence-corrected chi connectivity index (χ4v) is 3.33. The summed E-state index contributed by atoms with van der Waals surface area (Å²) in [7, 11) is 1.56. The fraction of sp³-hybridized carbons (Fsp3) is 0.188. The Bertz CT molecular complexity index is 1000. The molecule has 0 aliphatic carbocycles. The molecule has 0 atom stereocenters. The highest BCUT2D eigenvalue weighted by Crippen LogP contribution is 2.32. The second-order valence-electron chi connectivity index (χ2n) is 5.63. The molecule has 3 aromatic rings. The van der Waals surface area contributed by atoms with Crippen molar-refractivity contribution in [3.05, 3.63) is 67.8 Å². The molecule has 0 bridgehead atoms. The lowest BCUT2D eigenvalue weighted by Gasteiger charge is -2.06. The van der Waals surface area contributed by atoms with Gasteiger partial charge in [0.15, 0.2) is 0 Å². The van der Waals surface area contributed by atoms with Crippen molar-refractivity contribution in [2.24, 2.45) is 0 Å². The summed E-state index contributed by atoms with van der Waals surface area (Å²) in [5.74, 6) is 0.906. The van der Waals surface area contributed by atoms with Gasteiger partial charge in [-0.3, -0.25) is 20.2 Å². The number of thioether (sulfide) groups is 1. The predicted octanol–water partition coefficient (Wildman–Crippen LogP) is 3.09. The van der Waals surface area contributed by atoms with Crippen molar-refractivity contribution in [3.63, 3.8) is 0 Å². The molecule has 0 aliphatic heterocycles. The Kier molecular flexibility index (Phi) is 5.49. The number of nitrogens with zero attached hydrogens (tertiary/aromatic N) is 6. The number of ether oxygens (including phenoxy) is 1. The summed E-state index contributed by atoms with van der Waals surface area (Å²) in [6, 6.07) is 9.74. The smallest absolute Gasteiger partial charge is 0.279 e. The van der Waals surface area contributed by atoms with Gasteiger partial charge in [0.2, 0.25) is 5.16 Å². The third kappa shape index (κ3) is 3.91. The topological polar surface area (TPSA) is 139 Å². The third-order valence-electron chi connectivity index (χ3n) is 3.93. The number of rotatable bonds is 7. The van der Waals surface area contributed by atoms with Crippen LogP contribution in [0.1, 0.15) is 11.1 Å². The van der Waals surface area contributed by atoms with E-state index < -0.39 is 9.85 Å². The second-order valence-corrected chi connectivity index (χ2v) is 6.58. The highest BCUT2D eigenvalue weighted by atomic mass is 32.2. The number of nitro benzene ring substituents is 2. The lowest BCUT2D eigenvalue weighted by molar-refractivity contribution is -0.395. The van der Waals surface area contributed by atoms with Crippen LogP contribution in [0.3, 0.4) is 0 Å². The fourth-order valence-electron chi connectivity index (χ4n) is 2.51. The average molecular weight is 402 g/mol. The van der Waals surface area contributed by atoms with Gasteiger partial charge in [-0.15, -0.1) is 5.10 Å². The van der Waals surface area contributed by atoms with Crippen molar-refractivity contribution in [1.82, 2.24) is 20.2 Å². The maximum Gasteiger partial charge on any atom is 0.279 e. The molecule has 0 amide bonds. The van der Waals surface area contributed by atoms with E-state index >= 15 is 0 Å². The van der Waals surface area contributed by atoms with E-state index in [4.69, 9.17) is 4.74 Å². The van der Waals surface area contributed by atoms with Crippen LogP contribution < -0.4 is 4.74 Å². The Morgan fingerprint density at radius 2 is 1.71 bits per heavy atom. The maximum atomic E-state index is 11.2. The molecule has 0 saturated carbocycles. The zero-order valence-electron chi connectivity index (χ0n) is 14.8. The summed E-state index contributed by atoms with van der Waals surface area (Å²) in [6.45, 7) is 1.36. The zero-order valence-corrected chi connectivity index (χ0v) is 15.6. The minimum absolute atomic E-state index is 0.0202. The quantitative estimate of drug-likeness (QED) is 0.331. The van der Waals surface area contributed by atoms with E-state index in [1.165, 1.54) is 35.5 Å². The van der Waals surface area contributed by atoms with E-state index in [0.29, 0.717) is 22.2 Å². The first-order chi connectivity index (χ1) is 13.4. The molecule has 0 fully saturated rings. The molecule has 11 nitrogen and oxygen atoms in total. The number of aromatic nitrogens is 4. The Hall–Kier alpha value is -3.54. The molecule has 144 valence electrons. The van der Waals surface area contributed by atoms with E-state index in [-0.39, 0.29) is 22.7 Å². The van der Waals surface area contributed by atoms with Gasteiger partial charge >= 0.3 is 0 Å². The molecular weight excluding hydrogens is 388 g/mol. The lowest BCUT2D eigenvalue weighted by Crippen LogP contribution is -2.01. The largest absolute Gasteiger partial charge is 0.497 e. The standard InChI is InChI=1S/C16H14N6O5S/c1-10-14(21(23)24)7-11(8-15(10)22(25)26)9-28-16-17-18-19-20(16)12-3-5-13(27-2)6-4-12/h3-8H,9H2,1-2H3. The summed E-state index contributed by atoms with van der Waals surface area (Å²) in [5.41, 5.74) is 0.568. The number of methoxy groups -OCH3 is 1. The van der Waals surface area contributed by atoms with Gasteiger partial charge in [-0.05, 0) is 47.2 Å². The molecule has 0 aliphatic rings. The molecule has 0 N–H and O–H groups in total. The summed E-state index contributed by atoms with van der Waals surface area (Å²) < 4.78 is 6.62. The molecule has 0 spiro atoms. The summed E-state index contributed by atoms with van der Waals surface area (Å²) in [5, 5.41) is 34.4. The van der Waals surface area contributed by atoms with Crippen molar-refractivity contribution in [2.75, 3.05) is 7.11 Å². The molecule has 0 radical (unpaired) electrons. The molecule has 28 heavy (non-hydrogen) atoms. The van der Waals surface area contributed by atoms with Crippen LogP contribution >= 0.6 is 11.8 Å². The van der Waals surface area contributed by atoms with E-state index in [1.54, 1.807) is 31.4 Å². The van der Waals surface area contributed by atoms with E-state index in [0.717, 1.165) is 0 Å². The van der Waals surface area contributed by atoms with Crippen LogP contribution in [0.15, 0.2) is 41.6 Å². The first-order valence-corrected chi connectivity index (χ1v) is 8.87. The van der Waals surface area contributed by atoms with Crippen molar-refractivity contribution in [1.29, 1.82) is 0 Å². The summed E-state index contributed by atoms with van der Waals surface area (Å²) in [4.78, 5) is 21.2. The first-order valence-electron chi connectivity index (χ1n) is 7.88. The van der Waals surface area contributed by atoms with Crippen LogP contribution in [-0.2, 0) is 5.75 Å².